The Morgan fingerprint density at radius 1 is 1.11 bits per heavy atom. The van der Waals surface area contributed by atoms with Gasteiger partial charge < -0.3 is 20.1 Å². The van der Waals surface area contributed by atoms with Gasteiger partial charge in [-0.15, -0.1) is 11.8 Å². The Hall–Kier alpha value is -1.12. The summed E-state index contributed by atoms with van der Waals surface area (Å²) in [5, 5.41) is 27.3. The molecule has 0 aromatic heterocycles. The smallest absolute Gasteiger partial charge is 0.333 e. The Balaban J connectivity index is 2.75. The molecule has 0 aromatic rings. The molecule has 0 aliphatic carbocycles. The van der Waals surface area contributed by atoms with Crippen LogP contribution in [0, 0.1) is 0 Å². The highest BCUT2D eigenvalue weighted by atomic mass is 32.2. The maximum atomic E-state index is 12.4. The van der Waals surface area contributed by atoms with Crippen LogP contribution in [0.1, 0.15) is 71.1 Å². The van der Waals surface area contributed by atoms with Crippen LogP contribution in [0.3, 0.4) is 0 Å². The van der Waals surface area contributed by atoms with Gasteiger partial charge in [-0.2, -0.15) is 0 Å². The van der Waals surface area contributed by atoms with Gasteiger partial charge in [-0.1, -0.05) is 38.5 Å². The first kappa shape index (κ1) is 23.9. The number of aliphatic hydroxyl groups is 2. The Kier molecular flexibility index (Phi) is 11.6. The Morgan fingerprint density at radius 3 is 2.26 bits per heavy atom. The van der Waals surface area contributed by atoms with Gasteiger partial charge in [0.05, 0.1) is 6.10 Å². The second kappa shape index (κ2) is 13.1. The molecule has 27 heavy (non-hydrogen) atoms. The number of aliphatic hydroxyl groups excluding tert-OH is 2. The minimum absolute atomic E-state index is 0.229. The zero-order valence-corrected chi connectivity index (χ0v) is 16.8. The monoisotopic (exact) mass is 404 g/mol. The van der Waals surface area contributed by atoms with Gasteiger partial charge in [0.25, 0.3) is 0 Å². The molecule has 7 nitrogen and oxygen atoms in total. The van der Waals surface area contributed by atoms with Gasteiger partial charge in [0.15, 0.2) is 11.9 Å². The summed E-state index contributed by atoms with van der Waals surface area (Å²) in [6.45, 7) is 1.80. The number of Topliss-reactive ketones (excluding diaryl/α,β-unsaturated/α-hetero) is 1. The molecule has 0 spiro atoms. The molecule has 0 saturated carbocycles. The molecule has 1 aliphatic rings. The number of thioether (sulfide) groups is 1. The second-order valence-electron chi connectivity index (χ2n) is 7.16. The van der Waals surface area contributed by atoms with Gasteiger partial charge in [-0.05, 0) is 26.2 Å². The number of carboxylic acid groups (broad SMARTS) is 1. The molecule has 1 heterocycles. The third-order valence-electron chi connectivity index (χ3n) is 4.67. The van der Waals surface area contributed by atoms with E-state index in [1.54, 1.807) is 6.92 Å². The molecular formula is C19H32O7S. The first-order valence-corrected chi connectivity index (χ1v) is 10.8. The normalized spacial score (nSPS) is 28.3. The highest BCUT2D eigenvalue weighted by Crippen LogP contribution is 2.22. The largest absolute Gasteiger partial charge is 0.479 e. The number of hydrogen-bond acceptors (Lipinski definition) is 7. The quantitative estimate of drug-likeness (QED) is 0.610. The molecule has 1 rings (SSSR count). The van der Waals surface area contributed by atoms with Crippen LogP contribution in [0.4, 0.5) is 0 Å². The summed E-state index contributed by atoms with van der Waals surface area (Å²) in [5.41, 5.74) is 0. The number of esters is 1. The molecule has 0 aromatic carbocycles. The highest BCUT2D eigenvalue weighted by Gasteiger charge is 2.29. The van der Waals surface area contributed by atoms with Crippen molar-refractivity contribution in [1.82, 2.24) is 0 Å². The molecule has 1 saturated heterocycles. The average molecular weight is 405 g/mol. The minimum Gasteiger partial charge on any atom is -0.479 e. The molecule has 4 atom stereocenters. The fourth-order valence-corrected chi connectivity index (χ4v) is 3.99. The first-order valence-electron chi connectivity index (χ1n) is 9.75. The van der Waals surface area contributed by atoms with Gasteiger partial charge in [-0.25, -0.2) is 4.79 Å². The van der Waals surface area contributed by atoms with E-state index in [4.69, 9.17) is 9.84 Å². The van der Waals surface area contributed by atoms with Gasteiger partial charge in [0.2, 0.25) is 0 Å². The number of ether oxygens (including phenoxy) is 1. The zero-order chi connectivity index (χ0) is 20.2. The predicted molar refractivity (Wildman–Crippen MR) is 103 cm³/mol. The standard InChI is InChI=1S/C19H32O7S/c1-13-9-7-5-3-2-4-6-8-10-14(20)15(21)11-17(19(25)26-13)27-12-16(22)18(23)24/h13-14,16-17,20,22H,2-12H2,1H3,(H,23,24). The van der Waals surface area contributed by atoms with Crippen LogP contribution in [0.15, 0.2) is 0 Å². The lowest BCUT2D eigenvalue weighted by Gasteiger charge is -2.21. The maximum absolute atomic E-state index is 12.4. The van der Waals surface area contributed by atoms with Crippen molar-refractivity contribution in [3.63, 3.8) is 0 Å². The molecule has 8 heteroatoms. The molecule has 0 amide bonds. The van der Waals surface area contributed by atoms with Crippen LogP contribution in [0.5, 0.6) is 0 Å². The maximum Gasteiger partial charge on any atom is 0.333 e. The predicted octanol–water partition coefficient (Wildman–Crippen LogP) is 2.31. The van der Waals surface area contributed by atoms with Crippen molar-refractivity contribution >= 4 is 29.5 Å². The number of rotatable bonds is 4. The van der Waals surface area contributed by atoms with Crippen molar-refractivity contribution in [3.8, 4) is 0 Å². The van der Waals surface area contributed by atoms with Gasteiger partial charge in [0.1, 0.15) is 11.4 Å². The van der Waals surface area contributed by atoms with Crippen LogP contribution in [-0.2, 0) is 19.1 Å². The second-order valence-corrected chi connectivity index (χ2v) is 8.40. The fraction of sp³-hybridized carbons (Fsp3) is 0.842. The molecule has 0 radical (unpaired) electrons. The Labute approximate surface area is 164 Å². The van der Waals surface area contributed by atoms with Crippen LogP contribution < -0.4 is 0 Å². The first-order chi connectivity index (χ1) is 12.8. The van der Waals surface area contributed by atoms with Gasteiger partial charge in [0, 0.05) is 12.2 Å². The van der Waals surface area contributed by atoms with Gasteiger partial charge in [-0.3, -0.25) is 9.59 Å². The van der Waals surface area contributed by atoms with E-state index in [9.17, 15) is 24.6 Å². The van der Waals surface area contributed by atoms with Crippen molar-refractivity contribution in [2.45, 2.75) is 94.7 Å². The molecular weight excluding hydrogens is 372 g/mol. The third-order valence-corrected chi connectivity index (χ3v) is 5.94. The fourth-order valence-electron chi connectivity index (χ4n) is 2.96. The summed E-state index contributed by atoms with van der Waals surface area (Å²) in [6, 6.07) is 0. The minimum atomic E-state index is -1.62. The van der Waals surface area contributed by atoms with Crippen molar-refractivity contribution in [2.24, 2.45) is 0 Å². The SMILES string of the molecule is CC1CCCCCCCCCC(O)C(=O)CC(SCC(O)C(=O)O)C(=O)O1. The Morgan fingerprint density at radius 2 is 1.67 bits per heavy atom. The van der Waals surface area contributed by atoms with Crippen molar-refractivity contribution in [1.29, 1.82) is 0 Å². The summed E-state index contributed by atoms with van der Waals surface area (Å²) in [5.74, 6) is -2.66. The highest BCUT2D eigenvalue weighted by molar-refractivity contribution is 8.00. The summed E-state index contributed by atoms with van der Waals surface area (Å²) in [6.07, 6.45) is 4.89. The van der Waals surface area contributed by atoms with Crippen LogP contribution in [-0.4, -0.2) is 62.4 Å². The topological polar surface area (TPSA) is 121 Å². The van der Waals surface area contributed by atoms with Crippen molar-refractivity contribution in [3.05, 3.63) is 0 Å². The van der Waals surface area contributed by atoms with Crippen LogP contribution >= 0.6 is 11.8 Å². The molecule has 3 N–H and O–H groups in total. The van der Waals surface area contributed by atoms with E-state index in [-0.39, 0.29) is 18.3 Å². The number of ketones is 1. The lowest BCUT2D eigenvalue weighted by molar-refractivity contribution is -0.149. The van der Waals surface area contributed by atoms with E-state index in [1.165, 1.54) is 0 Å². The van der Waals surface area contributed by atoms with Crippen molar-refractivity contribution < 1.29 is 34.4 Å². The third kappa shape index (κ3) is 10.1. The summed E-state index contributed by atoms with van der Waals surface area (Å²) >= 11 is 0.880. The lowest BCUT2D eigenvalue weighted by atomic mass is 10.0. The molecule has 0 bridgehead atoms. The number of carbonyl (C=O) groups is 3. The van der Waals surface area contributed by atoms with Crippen molar-refractivity contribution in [2.75, 3.05) is 5.75 Å². The van der Waals surface area contributed by atoms with E-state index in [0.29, 0.717) is 6.42 Å². The summed E-state index contributed by atoms with van der Waals surface area (Å²) in [7, 11) is 0. The zero-order valence-electron chi connectivity index (χ0n) is 16.0. The number of cyclic esters (lactones) is 1. The van der Waals surface area contributed by atoms with E-state index in [2.05, 4.69) is 0 Å². The Bertz CT molecular complexity index is 483. The number of hydrogen-bond donors (Lipinski definition) is 3. The van der Waals surface area contributed by atoms with E-state index in [1.807, 2.05) is 0 Å². The van der Waals surface area contributed by atoms with Crippen LogP contribution in [0.25, 0.3) is 0 Å². The number of carbonyl (C=O) groups excluding carboxylic acids is 2. The summed E-state index contributed by atoms with van der Waals surface area (Å²) in [4.78, 5) is 35.5. The molecule has 4 unspecified atom stereocenters. The van der Waals surface area contributed by atoms with E-state index >= 15 is 0 Å². The summed E-state index contributed by atoms with van der Waals surface area (Å²) < 4.78 is 5.42. The van der Waals surface area contributed by atoms with Crippen LogP contribution in [0.2, 0.25) is 0 Å². The average Bonchev–Trinajstić information content (AvgIpc) is 2.61. The molecule has 156 valence electrons. The van der Waals surface area contributed by atoms with E-state index < -0.39 is 35.2 Å². The molecule has 1 aliphatic heterocycles. The number of carboxylic acids is 1. The molecule has 1 fully saturated rings. The number of aliphatic carboxylic acids is 1. The van der Waals surface area contributed by atoms with Gasteiger partial charge >= 0.3 is 11.9 Å². The van der Waals surface area contributed by atoms with E-state index in [0.717, 1.165) is 63.1 Å². The lowest BCUT2D eigenvalue weighted by Crippen LogP contribution is -2.33.